The van der Waals surface area contributed by atoms with E-state index in [-0.39, 0.29) is 5.66 Å². The minimum atomic E-state index is 0.196. The van der Waals surface area contributed by atoms with Crippen molar-refractivity contribution in [3.05, 3.63) is 0 Å². The van der Waals surface area contributed by atoms with Gasteiger partial charge in [0.2, 0.25) is 0 Å². The molecule has 6 nitrogen and oxygen atoms in total. The Kier molecular flexibility index (Phi) is 5.85. The lowest BCUT2D eigenvalue weighted by Gasteiger charge is -2.50. The molecule has 176 valence electrons. The molecule has 0 aromatic heterocycles. The maximum Gasteiger partial charge on any atom is 0.0693 e. The molecular weight excluding hydrogens is 384 g/mol. The first-order valence-corrected chi connectivity index (χ1v) is 13.6. The third-order valence-corrected chi connectivity index (χ3v) is 10.3. The summed E-state index contributed by atoms with van der Waals surface area (Å²) in [6.07, 6.45) is 15.0. The Hall–Kier alpha value is -0.240. The lowest BCUT2D eigenvalue weighted by Crippen LogP contribution is -2.64. The highest BCUT2D eigenvalue weighted by atomic mass is 15.2. The summed E-state index contributed by atoms with van der Waals surface area (Å²) in [7, 11) is 0. The molecule has 6 atom stereocenters. The lowest BCUT2D eigenvalue weighted by molar-refractivity contribution is 0.0625. The van der Waals surface area contributed by atoms with E-state index in [1.165, 1.54) is 116 Å². The van der Waals surface area contributed by atoms with E-state index in [9.17, 15) is 0 Å². The zero-order valence-corrected chi connectivity index (χ0v) is 19.5. The van der Waals surface area contributed by atoms with Crippen LogP contribution in [0.5, 0.6) is 0 Å². The fraction of sp³-hybridized carbons (Fsp3) is 1.00. The molecule has 31 heavy (non-hydrogen) atoms. The Morgan fingerprint density at radius 2 is 1.55 bits per heavy atom. The molecular formula is C25H46N6. The Morgan fingerprint density at radius 1 is 0.645 bits per heavy atom. The van der Waals surface area contributed by atoms with E-state index < -0.39 is 0 Å². The van der Waals surface area contributed by atoms with Crippen LogP contribution in [0, 0.1) is 17.3 Å². The van der Waals surface area contributed by atoms with Gasteiger partial charge in [-0.2, -0.15) is 0 Å². The molecule has 6 unspecified atom stereocenters. The highest BCUT2D eigenvalue weighted by molar-refractivity contribution is 5.08. The van der Waals surface area contributed by atoms with Gasteiger partial charge in [0.15, 0.2) is 0 Å². The normalized spacial score (nSPS) is 48.0. The number of piperidine rings is 4. The first-order valence-electron chi connectivity index (χ1n) is 13.6. The molecule has 6 aliphatic rings. The lowest BCUT2D eigenvalue weighted by atomic mass is 9.66. The number of hydrogen-bond donors (Lipinski definition) is 6. The average Bonchev–Trinajstić information content (AvgIpc) is 3.42. The van der Waals surface area contributed by atoms with E-state index in [4.69, 9.17) is 0 Å². The van der Waals surface area contributed by atoms with Gasteiger partial charge in [-0.15, -0.1) is 0 Å². The predicted molar refractivity (Wildman–Crippen MR) is 126 cm³/mol. The van der Waals surface area contributed by atoms with E-state index >= 15 is 0 Å². The van der Waals surface area contributed by atoms with Gasteiger partial charge in [-0.05, 0) is 127 Å². The third kappa shape index (κ3) is 4.22. The summed E-state index contributed by atoms with van der Waals surface area (Å²) in [5.41, 5.74) is 1.21. The van der Waals surface area contributed by atoms with Crippen molar-refractivity contribution >= 4 is 0 Å². The first-order chi connectivity index (χ1) is 15.2. The molecule has 0 aromatic rings. The van der Waals surface area contributed by atoms with Crippen molar-refractivity contribution in [1.29, 1.82) is 0 Å². The molecule has 0 radical (unpaired) electrons. The maximum absolute atomic E-state index is 4.21. The molecule has 6 aliphatic heterocycles. The van der Waals surface area contributed by atoms with Crippen molar-refractivity contribution in [2.75, 3.05) is 45.8 Å². The van der Waals surface area contributed by atoms with Crippen LogP contribution in [0.1, 0.15) is 70.6 Å². The van der Waals surface area contributed by atoms with Crippen LogP contribution >= 0.6 is 0 Å². The van der Waals surface area contributed by atoms with Crippen molar-refractivity contribution < 1.29 is 0 Å². The molecule has 0 amide bonds. The van der Waals surface area contributed by atoms with Crippen LogP contribution in [-0.4, -0.2) is 69.1 Å². The van der Waals surface area contributed by atoms with E-state index in [1.807, 2.05) is 0 Å². The highest BCUT2D eigenvalue weighted by Gasteiger charge is 2.49. The minimum absolute atomic E-state index is 0.196. The summed E-state index contributed by atoms with van der Waals surface area (Å²) in [6, 6.07) is 1.40. The quantitative estimate of drug-likeness (QED) is 0.397. The molecule has 6 saturated heterocycles. The van der Waals surface area contributed by atoms with Crippen LogP contribution in [0.25, 0.3) is 0 Å². The summed E-state index contributed by atoms with van der Waals surface area (Å²) in [6.45, 7) is 8.47. The van der Waals surface area contributed by atoms with Crippen molar-refractivity contribution in [3.8, 4) is 0 Å². The summed E-state index contributed by atoms with van der Waals surface area (Å²) in [5, 5.41) is 23.4. The summed E-state index contributed by atoms with van der Waals surface area (Å²) >= 11 is 0. The Bertz CT molecular complexity index is 622. The molecule has 0 aromatic carbocycles. The van der Waals surface area contributed by atoms with Crippen LogP contribution in [0.4, 0.5) is 0 Å². The monoisotopic (exact) mass is 430 g/mol. The van der Waals surface area contributed by atoms with Gasteiger partial charge < -0.3 is 21.3 Å². The van der Waals surface area contributed by atoms with Crippen LogP contribution < -0.4 is 31.9 Å². The van der Waals surface area contributed by atoms with Gasteiger partial charge in [0.1, 0.15) is 0 Å². The standard InChI is InChI=1S/C25H46N6/c1-4-24(29-9-1)14-20(17-27-18-24)21-2-5-25(31-21)15-19(3-10-30-25)22-16-23(8-13-28-22)6-11-26-12-7-23/h19-22,26-31H,1-18H2. The molecule has 6 fully saturated rings. The molecule has 0 aliphatic carbocycles. The van der Waals surface area contributed by atoms with Gasteiger partial charge >= 0.3 is 0 Å². The third-order valence-electron chi connectivity index (χ3n) is 10.3. The predicted octanol–water partition coefficient (Wildman–Crippen LogP) is 1.29. The maximum atomic E-state index is 4.21. The van der Waals surface area contributed by atoms with Gasteiger partial charge in [0, 0.05) is 24.2 Å². The largest absolute Gasteiger partial charge is 0.317 e. The van der Waals surface area contributed by atoms with Crippen molar-refractivity contribution in [2.45, 2.75) is 93.9 Å². The van der Waals surface area contributed by atoms with E-state index in [0.29, 0.717) is 17.0 Å². The Labute approximate surface area is 189 Å². The second kappa shape index (κ2) is 8.52. The molecule has 3 spiro atoms. The fourth-order valence-electron chi connectivity index (χ4n) is 8.55. The van der Waals surface area contributed by atoms with E-state index in [1.54, 1.807) is 0 Å². The van der Waals surface area contributed by atoms with Crippen LogP contribution in [0.15, 0.2) is 0 Å². The van der Waals surface area contributed by atoms with Crippen LogP contribution in [0.3, 0.4) is 0 Å². The molecule has 6 rings (SSSR count). The highest BCUT2D eigenvalue weighted by Crippen LogP contribution is 2.44. The summed E-state index contributed by atoms with van der Waals surface area (Å²) in [4.78, 5) is 0. The molecule has 0 bridgehead atoms. The van der Waals surface area contributed by atoms with Gasteiger partial charge in [0.25, 0.3) is 0 Å². The minimum Gasteiger partial charge on any atom is -0.317 e. The fourth-order valence-corrected chi connectivity index (χ4v) is 8.55. The Morgan fingerprint density at radius 3 is 2.42 bits per heavy atom. The number of hydrogen-bond acceptors (Lipinski definition) is 6. The Balaban J connectivity index is 1.09. The molecule has 0 saturated carbocycles. The van der Waals surface area contributed by atoms with Gasteiger partial charge in [-0.25, -0.2) is 0 Å². The molecule has 6 N–H and O–H groups in total. The summed E-state index contributed by atoms with van der Waals surface area (Å²) in [5.74, 6) is 1.60. The SMILES string of the molecule is C1CNC2(C1)CNCC(C1CCC3(CC(C4CC5(CCNCC5)CCN4)CCN3)N1)C2. The zero-order chi connectivity index (χ0) is 20.8. The molecule has 6 heterocycles. The van der Waals surface area contributed by atoms with Crippen molar-refractivity contribution in [3.63, 3.8) is 0 Å². The summed E-state index contributed by atoms with van der Waals surface area (Å²) < 4.78 is 0. The second-order valence-electron chi connectivity index (χ2n) is 12.2. The number of nitrogens with one attached hydrogen (secondary N) is 6. The zero-order valence-electron chi connectivity index (χ0n) is 19.5. The van der Waals surface area contributed by atoms with Crippen molar-refractivity contribution in [2.24, 2.45) is 17.3 Å². The average molecular weight is 431 g/mol. The van der Waals surface area contributed by atoms with E-state index in [0.717, 1.165) is 17.9 Å². The smallest absolute Gasteiger partial charge is 0.0693 e. The second-order valence-corrected chi connectivity index (χ2v) is 12.2. The van der Waals surface area contributed by atoms with Crippen LogP contribution in [0.2, 0.25) is 0 Å². The topological polar surface area (TPSA) is 72.2 Å². The molecule has 6 heteroatoms. The van der Waals surface area contributed by atoms with Crippen LogP contribution in [-0.2, 0) is 0 Å². The number of rotatable bonds is 2. The van der Waals surface area contributed by atoms with Crippen molar-refractivity contribution in [1.82, 2.24) is 31.9 Å². The first kappa shape index (κ1) is 21.3. The van der Waals surface area contributed by atoms with Gasteiger partial charge in [-0.3, -0.25) is 10.6 Å². The van der Waals surface area contributed by atoms with Gasteiger partial charge in [0.05, 0.1) is 5.66 Å². The van der Waals surface area contributed by atoms with Gasteiger partial charge in [-0.1, -0.05) is 0 Å². The van der Waals surface area contributed by atoms with E-state index in [2.05, 4.69) is 31.9 Å².